The maximum absolute atomic E-state index is 12.1. The van der Waals surface area contributed by atoms with Crippen molar-refractivity contribution in [2.24, 2.45) is 5.41 Å². The van der Waals surface area contributed by atoms with E-state index in [1.807, 2.05) is 20.8 Å². The second-order valence-corrected chi connectivity index (χ2v) is 7.99. The second kappa shape index (κ2) is 6.51. The average molecular weight is 327 g/mol. The van der Waals surface area contributed by atoms with Crippen molar-refractivity contribution in [3.63, 3.8) is 0 Å². The minimum absolute atomic E-state index is 0.191. The number of ether oxygens (including phenoxy) is 2. The molecule has 23 heavy (non-hydrogen) atoms. The lowest BCUT2D eigenvalue weighted by Gasteiger charge is -2.50. The molecule has 0 aromatic heterocycles. The molecule has 0 bridgehead atoms. The van der Waals surface area contributed by atoms with Crippen LogP contribution in [0.2, 0.25) is 0 Å². The molecule has 1 rings (SSSR count). The van der Waals surface area contributed by atoms with Crippen LogP contribution in [0.3, 0.4) is 0 Å². The molecule has 1 heterocycles. The number of carbonyl (C=O) groups excluding carboxylic acids is 1. The third-order valence-electron chi connectivity index (χ3n) is 3.98. The lowest BCUT2D eigenvalue weighted by molar-refractivity contribution is -0.150. The molecule has 1 aliphatic heterocycles. The first kappa shape index (κ1) is 19.5. The van der Waals surface area contributed by atoms with E-state index in [1.54, 1.807) is 27.7 Å². The molecular weight excluding hydrogens is 298 g/mol. The van der Waals surface area contributed by atoms with Crippen LogP contribution in [-0.4, -0.2) is 53.0 Å². The average Bonchev–Trinajstić information content (AvgIpc) is 2.34. The van der Waals surface area contributed by atoms with Gasteiger partial charge in [0.25, 0.3) is 0 Å². The molecule has 1 saturated heterocycles. The van der Waals surface area contributed by atoms with E-state index in [2.05, 4.69) is 0 Å². The van der Waals surface area contributed by atoms with E-state index in [0.29, 0.717) is 18.7 Å². The molecule has 1 unspecified atom stereocenters. The first-order valence-electron chi connectivity index (χ1n) is 7.82. The van der Waals surface area contributed by atoms with Crippen molar-refractivity contribution in [1.29, 1.82) is 0 Å². The Kier molecular flexibility index (Phi) is 5.52. The number of esters is 1. The van der Waals surface area contributed by atoms with Gasteiger partial charge in [0.2, 0.25) is 0 Å². The van der Waals surface area contributed by atoms with E-state index < -0.39 is 23.3 Å². The van der Waals surface area contributed by atoms with Gasteiger partial charge in [0.15, 0.2) is 0 Å². The summed E-state index contributed by atoms with van der Waals surface area (Å²) in [6.07, 6.45) is 0.439. The van der Waals surface area contributed by atoms with E-state index in [4.69, 9.17) is 9.47 Å². The van der Waals surface area contributed by atoms with Crippen molar-refractivity contribution in [3.8, 4) is 0 Å². The van der Waals surface area contributed by atoms with Gasteiger partial charge in [-0.05, 0) is 38.7 Å². The van der Waals surface area contributed by atoms with Crippen molar-refractivity contribution in [2.45, 2.75) is 59.7 Å². The van der Waals surface area contributed by atoms with Gasteiger partial charge in [-0.25, -0.2) is 9.59 Å². The van der Waals surface area contributed by atoms with Crippen LogP contribution in [0.15, 0.2) is 11.6 Å². The van der Waals surface area contributed by atoms with Gasteiger partial charge in [-0.1, -0.05) is 20.8 Å². The van der Waals surface area contributed by atoms with Gasteiger partial charge in [-0.2, -0.15) is 0 Å². The summed E-state index contributed by atoms with van der Waals surface area (Å²) in [7, 11) is 0. The summed E-state index contributed by atoms with van der Waals surface area (Å²) in [6, 6.07) is 0. The normalized spacial score (nSPS) is 23.6. The zero-order valence-corrected chi connectivity index (χ0v) is 15.2. The van der Waals surface area contributed by atoms with Crippen LogP contribution in [0.25, 0.3) is 0 Å². The van der Waals surface area contributed by atoms with Crippen LogP contribution >= 0.6 is 0 Å². The number of nitrogens with zero attached hydrogens (tertiary/aromatic N) is 1. The number of carboxylic acid groups (broad SMARTS) is 1. The van der Waals surface area contributed by atoms with Gasteiger partial charge in [-0.15, -0.1) is 0 Å². The standard InChI is InChI=1S/C17H29NO5/c1-12(10-13(19)23-16(5,6)7)17(15(2,3)4)11-18(14(20)21)8-9-22-17/h10H,8-9,11H2,1-7H3,(H,20,21). The Morgan fingerprint density at radius 3 is 2.22 bits per heavy atom. The summed E-state index contributed by atoms with van der Waals surface area (Å²) in [4.78, 5) is 24.8. The highest BCUT2D eigenvalue weighted by Gasteiger charge is 2.49. The Bertz CT molecular complexity index is 498. The largest absolute Gasteiger partial charge is 0.465 e. The number of amides is 1. The van der Waals surface area contributed by atoms with Crippen molar-refractivity contribution in [2.75, 3.05) is 19.7 Å². The summed E-state index contributed by atoms with van der Waals surface area (Å²) in [5.74, 6) is -0.449. The maximum atomic E-state index is 12.1. The Morgan fingerprint density at radius 2 is 1.78 bits per heavy atom. The molecule has 1 N–H and O–H groups in total. The van der Waals surface area contributed by atoms with Gasteiger partial charge in [0.1, 0.15) is 11.2 Å². The smallest absolute Gasteiger partial charge is 0.407 e. The van der Waals surface area contributed by atoms with Gasteiger partial charge >= 0.3 is 12.1 Å². The fourth-order valence-electron chi connectivity index (χ4n) is 2.80. The minimum atomic E-state index is -0.980. The molecule has 1 amide bonds. The van der Waals surface area contributed by atoms with Crippen LogP contribution in [-0.2, 0) is 14.3 Å². The highest BCUT2D eigenvalue weighted by Crippen LogP contribution is 2.42. The Hall–Kier alpha value is -1.56. The molecule has 1 aliphatic rings. The summed E-state index contributed by atoms with van der Waals surface area (Å²) >= 11 is 0. The maximum Gasteiger partial charge on any atom is 0.407 e. The molecule has 0 aromatic carbocycles. The Morgan fingerprint density at radius 1 is 1.22 bits per heavy atom. The first-order chi connectivity index (χ1) is 10.3. The van der Waals surface area contributed by atoms with Crippen molar-refractivity contribution in [1.82, 2.24) is 4.90 Å². The monoisotopic (exact) mass is 327 g/mol. The first-order valence-corrected chi connectivity index (χ1v) is 7.82. The molecule has 6 nitrogen and oxygen atoms in total. The number of hydrogen-bond donors (Lipinski definition) is 1. The van der Waals surface area contributed by atoms with E-state index in [-0.39, 0.29) is 12.0 Å². The molecule has 0 saturated carbocycles. The topological polar surface area (TPSA) is 76.1 Å². The minimum Gasteiger partial charge on any atom is -0.465 e. The zero-order chi connectivity index (χ0) is 18.1. The van der Waals surface area contributed by atoms with Crippen LogP contribution in [0.5, 0.6) is 0 Å². The highest BCUT2D eigenvalue weighted by atomic mass is 16.6. The molecule has 0 spiro atoms. The van der Waals surface area contributed by atoms with E-state index in [0.717, 1.165) is 0 Å². The summed E-state index contributed by atoms with van der Waals surface area (Å²) < 4.78 is 11.4. The van der Waals surface area contributed by atoms with Crippen molar-refractivity contribution in [3.05, 3.63) is 11.6 Å². The number of carbonyl (C=O) groups is 2. The van der Waals surface area contributed by atoms with Crippen molar-refractivity contribution >= 4 is 12.1 Å². The second-order valence-electron chi connectivity index (χ2n) is 7.99. The van der Waals surface area contributed by atoms with Crippen LogP contribution in [0, 0.1) is 5.41 Å². The Labute approximate surface area is 138 Å². The fourth-order valence-corrected chi connectivity index (χ4v) is 2.80. The predicted octanol–water partition coefficient (Wildman–Crippen LogP) is 3.07. The number of hydrogen-bond acceptors (Lipinski definition) is 4. The number of morpholine rings is 1. The molecule has 0 aromatic rings. The molecule has 0 radical (unpaired) electrons. The van der Waals surface area contributed by atoms with Gasteiger partial charge in [-0.3, -0.25) is 0 Å². The number of rotatable bonds is 2. The molecule has 1 atom stereocenters. The molecule has 1 fully saturated rings. The Balaban J connectivity index is 3.16. The van der Waals surface area contributed by atoms with E-state index in [1.165, 1.54) is 11.0 Å². The summed E-state index contributed by atoms with van der Waals surface area (Å²) in [5, 5.41) is 9.31. The van der Waals surface area contributed by atoms with E-state index >= 15 is 0 Å². The van der Waals surface area contributed by atoms with E-state index in [9.17, 15) is 14.7 Å². The SMILES string of the molecule is CC(=CC(=O)OC(C)(C)C)C1(C(C)(C)C)CN(C(=O)O)CCO1. The van der Waals surface area contributed by atoms with Crippen LogP contribution in [0.4, 0.5) is 4.79 Å². The quantitative estimate of drug-likeness (QED) is 0.623. The van der Waals surface area contributed by atoms with Gasteiger partial charge in [0.05, 0.1) is 13.2 Å². The third-order valence-corrected chi connectivity index (χ3v) is 3.98. The summed E-state index contributed by atoms with van der Waals surface area (Å²) in [6.45, 7) is 13.9. The van der Waals surface area contributed by atoms with Crippen LogP contribution < -0.4 is 0 Å². The highest BCUT2D eigenvalue weighted by molar-refractivity contribution is 5.83. The zero-order valence-electron chi connectivity index (χ0n) is 15.2. The lowest BCUT2D eigenvalue weighted by atomic mass is 9.71. The van der Waals surface area contributed by atoms with Crippen LogP contribution in [0.1, 0.15) is 48.5 Å². The van der Waals surface area contributed by atoms with Gasteiger partial charge < -0.3 is 19.5 Å². The van der Waals surface area contributed by atoms with Gasteiger partial charge in [0, 0.05) is 12.6 Å². The molecular formula is C17H29NO5. The fraction of sp³-hybridized carbons (Fsp3) is 0.765. The summed E-state index contributed by atoms with van der Waals surface area (Å²) in [5.41, 5.74) is -1.15. The predicted molar refractivity (Wildman–Crippen MR) is 87.3 cm³/mol. The molecule has 0 aliphatic carbocycles. The van der Waals surface area contributed by atoms with Crippen molar-refractivity contribution < 1.29 is 24.2 Å². The third kappa shape index (κ3) is 4.70. The lowest BCUT2D eigenvalue weighted by Crippen LogP contribution is -2.60. The molecule has 132 valence electrons. The molecule has 6 heteroatoms.